The van der Waals surface area contributed by atoms with E-state index in [1.165, 1.54) is 95.5 Å². The summed E-state index contributed by atoms with van der Waals surface area (Å²) in [5, 5.41) is 0. The molecule has 0 N–H and O–H groups in total. The van der Waals surface area contributed by atoms with Crippen molar-refractivity contribution in [2.75, 3.05) is 0 Å². The number of ether oxygens (including phenoxy) is 1. The Hall–Kier alpha value is -1.57. The van der Waals surface area contributed by atoms with Gasteiger partial charge in [-0.15, -0.1) is 0 Å². The number of fused-ring (bicyclic) bond motifs is 1. The van der Waals surface area contributed by atoms with Crippen LogP contribution in [-0.2, 0) is 11.2 Å². The zero-order valence-corrected chi connectivity index (χ0v) is 24.0. The van der Waals surface area contributed by atoms with Gasteiger partial charge in [-0.2, -0.15) is 0 Å². The summed E-state index contributed by atoms with van der Waals surface area (Å²) in [6, 6.07) is 8.13. The van der Waals surface area contributed by atoms with E-state index in [9.17, 15) is 4.79 Å². The van der Waals surface area contributed by atoms with E-state index in [2.05, 4.69) is 38.1 Å². The number of hydrogen-bond donors (Lipinski definition) is 0. The van der Waals surface area contributed by atoms with Crippen molar-refractivity contribution in [3.8, 4) is 5.75 Å². The van der Waals surface area contributed by atoms with Crippen molar-refractivity contribution >= 4 is 5.97 Å². The highest BCUT2D eigenvalue weighted by atomic mass is 16.5. The third kappa shape index (κ3) is 8.72. The van der Waals surface area contributed by atoms with E-state index in [4.69, 9.17) is 4.74 Å². The van der Waals surface area contributed by atoms with Crippen molar-refractivity contribution in [3.63, 3.8) is 0 Å². The third-order valence-electron chi connectivity index (χ3n) is 10.2. The van der Waals surface area contributed by atoms with Crippen molar-refractivity contribution < 1.29 is 9.53 Å². The van der Waals surface area contributed by atoms with Gasteiger partial charge in [-0.1, -0.05) is 76.2 Å². The molecule has 0 bridgehead atoms. The minimum Gasteiger partial charge on any atom is -0.426 e. The molecule has 4 unspecified atom stereocenters. The zero-order valence-electron chi connectivity index (χ0n) is 24.0. The van der Waals surface area contributed by atoms with Gasteiger partial charge in [0.25, 0.3) is 0 Å². The number of carbonyl (C=O) groups is 1. The highest BCUT2D eigenvalue weighted by molar-refractivity contribution is 5.75. The number of allylic oxidation sites excluding steroid dienone is 2. The molecule has 206 valence electrons. The molecule has 2 nitrogen and oxygen atoms in total. The van der Waals surface area contributed by atoms with Crippen LogP contribution in [0, 0.1) is 35.5 Å². The minimum atomic E-state index is -0.00293. The lowest BCUT2D eigenvalue weighted by Crippen LogP contribution is -2.35. The Kier molecular flexibility index (Phi) is 11.6. The molecule has 4 atom stereocenters. The maximum atomic E-state index is 12.9. The van der Waals surface area contributed by atoms with Crippen LogP contribution in [0.3, 0.4) is 0 Å². The Labute approximate surface area is 228 Å². The number of benzene rings is 1. The Morgan fingerprint density at radius 3 is 2.19 bits per heavy atom. The summed E-state index contributed by atoms with van der Waals surface area (Å²) < 4.78 is 5.79. The van der Waals surface area contributed by atoms with Gasteiger partial charge < -0.3 is 4.74 Å². The summed E-state index contributed by atoms with van der Waals surface area (Å²) in [6.07, 6.45) is 28.5. The summed E-state index contributed by atoms with van der Waals surface area (Å²) in [6.45, 7) is 4.37. The normalized spacial score (nSPS) is 30.2. The number of carbonyl (C=O) groups excluding carboxylic acids is 1. The van der Waals surface area contributed by atoms with Gasteiger partial charge in [-0.25, -0.2) is 0 Å². The van der Waals surface area contributed by atoms with E-state index in [-0.39, 0.29) is 11.9 Å². The van der Waals surface area contributed by atoms with Crippen LogP contribution in [0.2, 0.25) is 0 Å². The van der Waals surface area contributed by atoms with Crippen LogP contribution in [-0.4, -0.2) is 5.97 Å². The molecule has 1 aromatic rings. The van der Waals surface area contributed by atoms with Crippen LogP contribution >= 0.6 is 0 Å². The molecule has 0 saturated heterocycles. The first-order chi connectivity index (χ1) is 18.2. The Balaban J connectivity index is 1.14. The molecule has 1 aromatic carbocycles. The van der Waals surface area contributed by atoms with Crippen molar-refractivity contribution in [3.05, 3.63) is 42.0 Å². The summed E-state index contributed by atoms with van der Waals surface area (Å²) in [4.78, 5) is 12.9. The highest BCUT2D eigenvalue weighted by Gasteiger charge is 2.39. The van der Waals surface area contributed by atoms with Crippen LogP contribution < -0.4 is 4.74 Å². The molecule has 3 saturated carbocycles. The van der Waals surface area contributed by atoms with E-state index in [1.54, 1.807) is 0 Å². The predicted octanol–water partition coefficient (Wildman–Crippen LogP) is 10.1. The van der Waals surface area contributed by atoms with E-state index < -0.39 is 0 Å². The molecule has 4 rings (SSSR count). The van der Waals surface area contributed by atoms with E-state index in [0.717, 1.165) is 55.3 Å². The van der Waals surface area contributed by atoms with E-state index in [0.29, 0.717) is 5.75 Å². The number of rotatable bonds is 12. The van der Waals surface area contributed by atoms with Gasteiger partial charge in [-0.05, 0) is 125 Å². The van der Waals surface area contributed by atoms with E-state index >= 15 is 0 Å². The number of hydrogen-bond acceptors (Lipinski definition) is 2. The fourth-order valence-electron chi connectivity index (χ4n) is 7.92. The molecular weight excluding hydrogens is 452 g/mol. The summed E-state index contributed by atoms with van der Waals surface area (Å²) in [5.41, 5.74) is 1.30. The molecule has 3 aliphatic carbocycles. The van der Waals surface area contributed by atoms with Crippen LogP contribution in [0.15, 0.2) is 36.4 Å². The monoisotopic (exact) mass is 506 g/mol. The maximum Gasteiger partial charge on any atom is 0.314 e. The zero-order chi connectivity index (χ0) is 25.9. The number of esters is 1. The summed E-state index contributed by atoms with van der Waals surface area (Å²) in [7, 11) is 0. The molecule has 3 aliphatic rings. The quantitative estimate of drug-likeness (QED) is 0.122. The van der Waals surface area contributed by atoms with Crippen molar-refractivity contribution in [1.82, 2.24) is 0 Å². The molecule has 2 heteroatoms. The van der Waals surface area contributed by atoms with Crippen molar-refractivity contribution in [2.45, 2.75) is 129 Å². The fraction of sp³-hybridized carbons (Fsp3) is 0.743. The summed E-state index contributed by atoms with van der Waals surface area (Å²) in [5.74, 6) is 5.60. The van der Waals surface area contributed by atoms with Gasteiger partial charge in [0.05, 0.1) is 5.92 Å². The highest BCUT2D eigenvalue weighted by Crippen LogP contribution is 2.49. The van der Waals surface area contributed by atoms with Gasteiger partial charge in [-0.3, -0.25) is 4.79 Å². The fourth-order valence-corrected chi connectivity index (χ4v) is 7.92. The largest absolute Gasteiger partial charge is 0.426 e. The molecule has 0 heterocycles. The maximum absolute atomic E-state index is 12.9. The van der Waals surface area contributed by atoms with Gasteiger partial charge in [0.2, 0.25) is 0 Å². The smallest absolute Gasteiger partial charge is 0.314 e. The average Bonchev–Trinajstić information content (AvgIpc) is 2.94. The molecular formula is C35H54O2. The standard InChI is InChI=1S/C35H54O2/c1-3-5-7-8-10-12-28-13-16-33-26-32(22-21-31(33)25-28)29-17-19-30(20-18-29)35(36)37-34-23-14-27(15-24-34)11-9-6-4-2/h4,6,14-15,23-24,28-33H,3,5,7-13,16-22,25-26H2,1-2H3/b6-4+. The van der Waals surface area contributed by atoms with Crippen LogP contribution in [0.5, 0.6) is 5.75 Å². The van der Waals surface area contributed by atoms with Crippen LogP contribution in [0.4, 0.5) is 0 Å². The Morgan fingerprint density at radius 2 is 1.46 bits per heavy atom. The first-order valence-electron chi connectivity index (χ1n) is 16.1. The molecule has 0 aliphatic heterocycles. The average molecular weight is 507 g/mol. The second-order valence-corrected chi connectivity index (χ2v) is 12.8. The molecule has 0 aromatic heterocycles. The lowest BCUT2D eigenvalue weighted by Gasteiger charge is -2.45. The van der Waals surface area contributed by atoms with Crippen LogP contribution in [0.25, 0.3) is 0 Å². The van der Waals surface area contributed by atoms with E-state index in [1.807, 2.05) is 12.1 Å². The molecule has 3 fully saturated rings. The first kappa shape index (κ1) is 28.4. The molecule has 0 amide bonds. The third-order valence-corrected chi connectivity index (χ3v) is 10.2. The second-order valence-electron chi connectivity index (χ2n) is 12.8. The van der Waals surface area contributed by atoms with Gasteiger partial charge >= 0.3 is 5.97 Å². The van der Waals surface area contributed by atoms with Gasteiger partial charge in [0, 0.05) is 0 Å². The molecule has 0 spiro atoms. The van der Waals surface area contributed by atoms with Crippen molar-refractivity contribution in [1.29, 1.82) is 0 Å². The van der Waals surface area contributed by atoms with Gasteiger partial charge in [0.1, 0.15) is 5.75 Å². The number of unbranched alkanes of at least 4 members (excludes halogenated alkanes) is 4. The molecule has 37 heavy (non-hydrogen) atoms. The lowest BCUT2D eigenvalue weighted by molar-refractivity contribution is -0.140. The Bertz CT molecular complexity index is 816. The minimum absolute atomic E-state index is 0.00293. The first-order valence-corrected chi connectivity index (χ1v) is 16.1. The SMILES string of the molecule is C/C=C/CCc1ccc(OC(=O)C2CCC(C3CCC4CC(CCCCCCC)CCC4C3)CC2)cc1. The topological polar surface area (TPSA) is 26.3 Å². The van der Waals surface area contributed by atoms with Crippen molar-refractivity contribution in [2.24, 2.45) is 35.5 Å². The van der Waals surface area contributed by atoms with Gasteiger partial charge in [0.15, 0.2) is 0 Å². The summed E-state index contributed by atoms with van der Waals surface area (Å²) >= 11 is 0. The number of aryl methyl sites for hydroxylation is 1. The molecule has 0 radical (unpaired) electrons. The second kappa shape index (κ2) is 15.1. The Morgan fingerprint density at radius 1 is 0.811 bits per heavy atom. The predicted molar refractivity (Wildman–Crippen MR) is 156 cm³/mol. The lowest BCUT2D eigenvalue weighted by atomic mass is 9.60. The van der Waals surface area contributed by atoms with Crippen LogP contribution in [0.1, 0.15) is 129 Å².